The van der Waals surface area contributed by atoms with Crippen LogP contribution in [0, 0.1) is 6.92 Å². The average Bonchev–Trinajstić information content (AvgIpc) is 2.99. The molecule has 1 N–H and O–H groups in total. The zero-order valence-electron chi connectivity index (χ0n) is 25.2. The number of hydrogen-bond acceptors (Lipinski definition) is 6. The molecule has 226 valence electrons. The van der Waals surface area contributed by atoms with Gasteiger partial charge in [-0.25, -0.2) is 8.42 Å². The summed E-state index contributed by atoms with van der Waals surface area (Å²) in [5.41, 5.74) is 2.06. The van der Waals surface area contributed by atoms with E-state index in [1.54, 1.807) is 30.3 Å². The van der Waals surface area contributed by atoms with Gasteiger partial charge in [-0.2, -0.15) is 0 Å². The van der Waals surface area contributed by atoms with E-state index in [0.717, 1.165) is 21.9 Å². The van der Waals surface area contributed by atoms with E-state index >= 15 is 0 Å². The maximum Gasteiger partial charge on any atom is 0.264 e. The van der Waals surface area contributed by atoms with Gasteiger partial charge >= 0.3 is 0 Å². The van der Waals surface area contributed by atoms with E-state index in [9.17, 15) is 18.0 Å². The molecule has 3 aromatic carbocycles. The molecule has 0 aliphatic heterocycles. The van der Waals surface area contributed by atoms with Crippen LogP contribution in [0.2, 0.25) is 0 Å². The van der Waals surface area contributed by atoms with Crippen molar-refractivity contribution in [1.29, 1.82) is 0 Å². The van der Waals surface area contributed by atoms with Crippen LogP contribution in [0.5, 0.6) is 11.5 Å². The highest BCUT2D eigenvalue weighted by Gasteiger charge is 2.34. The molecule has 0 spiro atoms. The molecule has 2 atom stereocenters. The molecule has 0 bridgehead atoms. The largest absolute Gasteiger partial charge is 0.493 e. The molecule has 0 radical (unpaired) electrons. The Morgan fingerprint density at radius 2 is 1.57 bits per heavy atom. The van der Waals surface area contributed by atoms with Crippen molar-refractivity contribution in [2.45, 2.75) is 64.1 Å². The van der Waals surface area contributed by atoms with Gasteiger partial charge in [0.2, 0.25) is 11.8 Å². The van der Waals surface area contributed by atoms with E-state index in [2.05, 4.69) is 5.32 Å². The van der Waals surface area contributed by atoms with E-state index in [4.69, 9.17) is 9.47 Å². The van der Waals surface area contributed by atoms with Crippen molar-refractivity contribution < 1.29 is 27.5 Å². The lowest BCUT2D eigenvalue weighted by molar-refractivity contribution is -0.140. The first kappa shape index (κ1) is 32.5. The van der Waals surface area contributed by atoms with Crippen molar-refractivity contribution >= 4 is 27.5 Å². The van der Waals surface area contributed by atoms with Gasteiger partial charge in [0.15, 0.2) is 11.5 Å². The lowest BCUT2D eigenvalue weighted by Crippen LogP contribution is -2.53. The topological polar surface area (TPSA) is 105 Å². The highest BCUT2D eigenvalue weighted by Crippen LogP contribution is 2.34. The number of methoxy groups -OCH3 is 2. The molecule has 3 rings (SSSR count). The van der Waals surface area contributed by atoms with Gasteiger partial charge in [0, 0.05) is 18.7 Å². The fraction of sp³-hybridized carbons (Fsp3) is 0.375. The van der Waals surface area contributed by atoms with Crippen LogP contribution in [0.3, 0.4) is 0 Å². The van der Waals surface area contributed by atoms with Crippen LogP contribution in [-0.2, 0) is 26.2 Å². The molecule has 0 aliphatic carbocycles. The van der Waals surface area contributed by atoms with E-state index in [1.165, 1.54) is 37.3 Å². The molecule has 3 aromatic rings. The minimum absolute atomic E-state index is 0.0272. The van der Waals surface area contributed by atoms with Crippen molar-refractivity contribution in [2.75, 3.05) is 25.1 Å². The average molecular weight is 596 g/mol. The Kier molecular flexibility index (Phi) is 11.4. The molecule has 10 heteroatoms. The number of nitrogens with one attached hydrogen (secondary N) is 1. The number of aryl methyl sites for hydroxylation is 1. The van der Waals surface area contributed by atoms with Crippen LogP contribution < -0.4 is 19.1 Å². The number of anilines is 1. The molecule has 0 saturated heterocycles. The summed E-state index contributed by atoms with van der Waals surface area (Å²) in [6.07, 6.45) is 1.08. The minimum atomic E-state index is -4.19. The minimum Gasteiger partial charge on any atom is -0.493 e. The lowest BCUT2D eigenvalue weighted by Gasteiger charge is -2.34. The van der Waals surface area contributed by atoms with Gasteiger partial charge in [-0.15, -0.1) is 0 Å². The van der Waals surface area contributed by atoms with Crippen molar-refractivity contribution in [3.8, 4) is 11.5 Å². The maximum atomic E-state index is 14.2. The molecule has 0 heterocycles. The number of hydrogen-bond donors (Lipinski definition) is 1. The summed E-state index contributed by atoms with van der Waals surface area (Å²) >= 11 is 0. The lowest BCUT2D eigenvalue weighted by atomic mass is 10.1. The quantitative estimate of drug-likeness (QED) is 0.283. The third-order valence-electron chi connectivity index (χ3n) is 7.09. The van der Waals surface area contributed by atoms with E-state index in [1.807, 2.05) is 52.0 Å². The Bertz CT molecular complexity index is 1460. The second kappa shape index (κ2) is 14.7. The second-order valence-electron chi connectivity index (χ2n) is 10.1. The first-order valence-electron chi connectivity index (χ1n) is 14.0. The molecular formula is C32H41N3O6S. The number of carbonyl (C=O) groups is 2. The standard InChI is InChI=1S/C32H41N3O6S/c1-7-24(4)33-32(37)28(8-2)34(21-25-14-12-13-23(3)19-25)31(36)22-35(42(38,39)27-15-10-9-11-16-27)26-17-18-29(40-5)30(20-26)41-6/h9-20,24,28H,7-8,21-22H2,1-6H3,(H,33,37)/t24-,28-/m0/s1. The molecule has 0 saturated carbocycles. The van der Waals surface area contributed by atoms with Gasteiger partial charge in [0.25, 0.3) is 10.0 Å². The monoisotopic (exact) mass is 595 g/mol. The summed E-state index contributed by atoms with van der Waals surface area (Å²) in [6, 6.07) is 19.4. The number of ether oxygens (including phenoxy) is 2. The summed E-state index contributed by atoms with van der Waals surface area (Å²) in [7, 11) is -1.26. The van der Waals surface area contributed by atoms with E-state index in [0.29, 0.717) is 17.9 Å². The molecule has 2 amide bonds. The molecule has 0 aliphatic rings. The highest BCUT2D eigenvalue weighted by atomic mass is 32.2. The second-order valence-corrected chi connectivity index (χ2v) is 12.0. The summed E-state index contributed by atoms with van der Waals surface area (Å²) < 4.78 is 39.8. The Morgan fingerprint density at radius 3 is 2.17 bits per heavy atom. The summed E-state index contributed by atoms with van der Waals surface area (Å²) in [5.74, 6) is -0.0708. The highest BCUT2D eigenvalue weighted by molar-refractivity contribution is 7.92. The fourth-order valence-electron chi connectivity index (χ4n) is 4.60. The van der Waals surface area contributed by atoms with E-state index < -0.39 is 28.5 Å². The number of amides is 2. The SMILES string of the molecule is CC[C@H](C)NC(=O)[C@H](CC)N(Cc1cccc(C)c1)C(=O)CN(c1ccc(OC)c(OC)c1)S(=O)(=O)c1ccccc1. The first-order valence-corrected chi connectivity index (χ1v) is 15.4. The van der Waals surface area contributed by atoms with Gasteiger partial charge in [0.05, 0.1) is 24.8 Å². The van der Waals surface area contributed by atoms with Crippen molar-refractivity contribution in [2.24, 2.45) is 0 Å². The molecule has 0 unspecified atom stereocenters. The van der Waals surface area contributed by atoms with Crippen LogP contribution in [0.15, 0.2) is 77.7 Å². The molecule has 0 aromatic heterocycles. The fourth-order valence-corrected chi connectivity index (χ4v) is 6.02. The Morgan fingerprint density at radius 1 is 0.881 bits per heavy atom. The third-order valence-corrected chi connectivity index (χ3v) is 8.88. The van der Waals surface area contributed by atoms with Crippen molar-refractivity contribution in [3.63, 3.8) is 0 Å². The Balaban J connectivity index is 2.11. The zero-order chi connectivity index (χ0) is 30.9. The van der Waals surface area contributed by atoms with Gasteiger partial charge in [-0.05, 0) is 56.5 Å². The Hall–Kier alpha value is -4.05. The van der Waals surface area contributed by atoms with Crippen LogP contribution in [-0.4, -0.2) is 58.0 Å². The van der Waals surface area contributed by atoms with Gasteiger partial charge in [0.1, 0.15) is 12.6 Å². The van der Waals surface area contributed by atoms with Crippen molar-refractivity contribution in [1.82, 2.24) is 10.2 Å². The zero-order valence-corrected chi connectivity index (χ0v) is 26.0. The van der Waals surface area contributed by atoms with Gasteiger partial charge in [-0.3, -0.25) is 13.9 Å². The molecule has 0 fully saturated rings. The Labute approximate surface area is 249 Å². The predicted octanol–water partition coefficient (Wildman–Crippen LogP) is 4.93. The molecule has 42 heavy (non-hydrogen) atoms. The van der Waals surface area contributed by atoms with Gasteiger partial charge in [-0.1, -0.05) is 61.9 Å². The normalized spacial score (nSPS) is 12.6. The predicted molar refractivity (Wildman–Crippen MR) is 164 cm³/mol. The first-order chi connectivity index (χ1) is 20.0. The van der Waals surface area contributed by atoms with E-state index in [-0.39, 0.29) is 29.1 Å². The summed E-state index contributed by atoms with van der Waals surface area (Å²) in [5, 5.41) is 2.99. The van der Waals surface area contributed by atoms with Gasteiger partial charge < -0.3 is 19.7 Å². The number of sulfonamides is 1. The third kappa shape index (κ3) is 7.82. The van der Waals surface area contributed by atoms with Crippen LogP contribution in [0.1, 0.15) is 44.7 Å². The summed E-state index contributed by atoms with van der Waals surface area (Å²) in [4.78, 5) is 29.1. The van der Waals surface area contributed by atoms with Crippen LogP contribution in [0.4, 0.5) is 5.69 Å². The molecular weight excluding hydrogens is 554 g/mol. The number of carbonyl (C=O) groups excluding carboxylic acids is 2. The molecule has 9 nitrogen and oxygen atoms in total. The summed E-state index contributed by atoms with van der Waals surface area (Å²) in [6.45, 7) is 7.27. The number of rotatable bonds is 14. The van der Waals surface area contributed by atoms with Crippen LogP contribution in [0.25, 0.3) is 0 Å². The van der Waals surface area contributed by atoms with Crippen molar-refractivity contribution in [3.05, 3.63) is 83.9 Å². The number of nitrogens with zero attached hydrogens (tertiary/aromatic N) is 2. The maximum absolute atomic E-state index is 14.2. The number of benzene rings is 3. The van der Waals surface area contributed by atoms with Crippen LogP contribution >= 0.6 is 0 Å². The smallest absolute Gasteiger partial charge is 0.264 e.